The molecule has 2 amide bonds. The Balaban J connectivity index is 1.25. The van der Waals surface area contributed by atoms with E-state index in [1.54, 1.807) is 7.11 Å². The average molecular weight is 436 g/mol. The molecule has 170 valence electrons. The van der Waals surface area contributed by atoms with Crippen LogP contribution in [0.3, 0.4) is 0 Å². The van der Waals surface area contributed by atoms with Gasteiger partial charge in [-0.2, -0.15) is 0 Å². The third-order valence-corrected chi connectivity index (χ3v) is 6.70. The number of hydrogen-bond donors (Lipinski definition) is 1. The van der Waals surface area contributed by atoms with Crippen molar-refractivity contribution in [1.29, 1.82) is 0 Å². The molecule has 2 aliphatic heterocycles. The van der Waals surface area contributed by atoms with Crippen molar-refractivity contribution in [3.63, 3.8) is 0 Å². The van der Waals surface area contributed by atoms with Crippen LogP contribution >= 0.6 is 0 Å². The number of ether oxygens (including phenoxy) is 1. The minimum Gasteiger partial charge on any atom is -0.497 e. The van der Waals surface area contributed by atoms with Gasteiger partial charge in [0.05, 0.1) is 19.7 Å². The topological polar surface area (TPSA) is 61.9 Å². The molecule has 0 unspecified atom stereocenters. The van der Waals surface area contributed by atoms with Crippen molar-refractivity contribution in [3.05, 3.63) is 60.2 Å². The lowest BCUT2D eigenvalue weighted by molar-refractivity contribution is -0.134. The van der Waals surface area contributed by atoms with Crippen molar-refractivity contribution in [2.75, 3.05) is 38.6 Å². The second-order valence-electron chi connectivity index (χ2n) is 8.86. The zero-order valence-electron chi connectivity index (χ0n) is 18.8. The van der Waals surface area contributed by atoms with E-state index in [0.717, 1.165) is 63.2 Å². The van der Waals surface area contributed by atoms with E-state index < -0.39 is 0 Å². The predicted octanol–water partition coefficient (Wildman–Crippen LogP) is 3.58. The summed E-state index contributed by atoms with van der Waals surface area (Å²) < 4.78 is 5.17. The minimum atomic E-state index is -0.253. The van der Waals surface area contributed by atoms with Crippen LogP contribution < -0.4 is 10.1 Å². The highest BCUT2D eigenvalue weighted by molar-refractivity contribution is 5.95. The van der Waals surface area contributed by atoms with E-state index >= 15 is 0 Å². The van der Waals surface area contributed by atoms with Gasteiger partial charge in [-0.15, -0.1) is 0 Å². The van der Waals surface area contributed by atoms with Gasteiger partial charge in [0.25, 0.3) is 0 Å². The maximum Gasteiger partial charge on any atom is 0.241 e. The van der Waals surface area contributed by atoms with Crippen LogP contribution in [-0.4, -0.2) is 60.9 Å². The Morgan fingerprint density at radius 3 is 2.38 bits per heavy atom. The lowest BCUT2D eigenvalue weighted by Crippen LogP contribution is -2.48. The Hall–Kier alpha value is -2.86. The van der Waals surface area contributed by atoms with Crippen LogP contribution in [0.4, 0.5) is 5.69 Å². The maximum absolute atomic E-state index is 13.0. The maximum atomic E-state index is 13.0. The van der Waals surface area contributed by atoms with Crippen molar-refractivity contribution in [3.8, 4) is 5.75 Å². The summed E-state index contributed by atoms with van der Waals surface area (Å²) in [5, 5.41) is 2.99. The molecule has 2 saturated heterocycles. The van der Waals surface area contributed by atoms with Gasteiger partial charge in [0.1, 0.15) is 5.75 Å². The zero-order chi connectivity index (χ0) is 22.3. The van der Waals surface area contributed by atoms with Crippen molar-refractivity contribution in [2.45, 2.75) is 38.1 Å². The molecule has 0 spiro atoms. The largest absolute Gasteiger partial charge is 0.497 e. The molecule has 1 atom stereocenters. The standard InChI is InChI=1S/C26H33N3O3/c1-32-23-11-9-22(10-12-23)27-26(31)24-8-5-15-29(24)19-25(30)28-16-13-21(14-17-28)18-20-6-3-2-4-7-20/h2-4,6-7,9-12,21,24H,5,8,13-19H2,1H3,(H,27,31)/t24-/m1/s1. The SMILES string of the molecule is COc1ccc(NC(=O)[C@H]2CCCN2CC(=O)N2CCC(Cc3ccccc3)CC2)cc1. The number of anilines is 1. The number of piperidine rings is 1. The van der Waals surface area contributed by atoms with Crippen LogP contribution in [0.1, 0.15) is 31.2 Å². The first-order valence-electron chi connectivity index (χ1n) is 11.6. The molecule has 32 heavy (non-hydrogen) atoms. The highest BCUT2D eigenvalue weighted by atomic mass is 16.5. The number of rotatable bonds is 7. The number of carbonyl (C=O) groups is 2. The normalized spacial score (nSPS) is 19.7. The van der Waals surface area contributed by atoms with Crippen molar-refractivity contribution < 1.29 is 14.3 Å². The van der Waals surface area contributed by atoms with Crippen LogP contribution in [0.15, 0.2) is 54.6 Å². The van der Waals surface area contributed by atoms with Crippen LogP contribution in [0, 0.1) is 5.92 Å². The average Bonchev–Trinajstić information content (AvgIpc) is 3.29. The molecule has 0 aliphatic carbocycles. The van der Waals surface area contributed by atoms with Gasteiger partial charge in [0, 0.05) is 18.8 Å². The first kappa shape index (κ1) is 22.3. The van der Waals surface area contributed by atoms with E-state index in [1.165, 1.54) is 5.56 Å². The number of nitrogens with zero attached hydrogens (tertiary/aromatic N) is 2. The number of benzene rings is 2. The highest BCUT2D eigenvalue weighted by Crippen LogP contribution is 2.24. The first-order chi connectivity index (χ1) is 15.6. The van der Waals surface area contributed by atoms with Crippen LogP contribution in [-0.2, 0) is 16.0 Å². The number of nitrogens with one attached hydrogen (secondary N) is 1. The van der Waals surface area contributed by atoms with Gasteiger partial charge in [-0.05, 0) is 74.4 Å². The van der Waals surface area contributed by atoms with Crippen LogP contribution in [0.25, 0.3) is 0 Å². The van der Waals surface area contributed by atoms with Crippen LogP contribution in [0.2, 0.25) is 0 Å². The predicted molar refractivity (Wildman–Crippen MR) is 126 cm³/mol. The monoisotopic (exact) mass is 435 g/mol. The summed E-state index contributed by atoms with van der Waals surface area (Å²) in [6, 6.07) is 17.7. The molecule has 2 fully saturated rings. The van der Waals surface area contributed by atoms with E-state index in [9.17, 15) is 9.59 Å². The molecule has 1 N–H and O–H groups in total. The van der Waals surface area contributed by atoms with E-state index in [1.807, 2.05) is 40.1 Å². The summed E-state index contributed by atoms with van der Waals surface area (Å²) in [7, 11) is 1.62. The van der Waals surface area contributed by atoms with E-state index in [2.05, 4.69) is 29.6 Å². The number of carbonyl (C=O) groups excluding carboxylic acids is 2. The fourth-order valence-corrected chi connectivity index (χ4v) is 4.82. The molecule has 2 aromatic carbocycles. The van der Waals surface area contributed by atoms with Crippen molar-refractivity contribution in [2.24, 2.45) is 5.92 Å². The van der Waals surface area contributed by atoms with Crippen LogP contribution in [0.5, 0.6) is 5.75 Å². The second kappa shape index (κ2) is 10.6. The van der Waals surface area contributed by atoms with E-state index in [-0.39, 0.29) is 17.9 Å². The van der Waals surface area contributed by atoms with Gasteiger partial charge < -0.3 is 15.0 Å². The van der Waals surface area contributed by atoms with Gasteiger partial charge >= 0.3 is 0 Å². The van der Waals surface area contributed by atoms with Crippen molar-refractivity contribution in [1.82, 2.24) is 9.80 Å². The summed E-state index contributed by atoms with van der Waals surface area (Å²) in [4.78, 5) is 29.8. The summed E-state index contributed by atoms with van der Waals surface area (Å²) in [5.74, 6) is 1.49. The summed E-state index contributed by atoms with van der Waals surface area (Å²) in [6.07, 6.45) is 4.90. The van der Waals surface area contributed by atoms with Gasteiger partial charge in [-0.25, -0.2) is 0 Å². The molecular formula is C26H33N3O3. The number of hydrogen-bond acceptors (Lipinski definition) is 4. The molecule has 2 aliphatic rings. The number of methoxy groups -OCH3 is 1. The third kappa shape index (κ3) is 5.68. The molecule has 2 aromatic rings. The molecule has 0 bridgehead atoms. The van der Waals surface area contributed by atoms with E-state index in [0.29, 0.717) is 12.5 Å². The fourth-order valence-electron chi connectivity index (χ4n) is 4.82. The second-order valence-corrected chi connectivity index (χ2v) is 8.86. The lowest BCUT2D eigenvalue weighted by atomic mass is 9.90. The third-order valence-electron chi connectivity index (χ3n) is 6.70. The molecule has 2 heterocycles. The summed E-state index contributed by atoms with van der Waals surface area (Å²) >= 11 is 0. The molecule has 6 nitrogen and oxygen atoms in total. The van der Waals surface area contributed by atoms with Gasteiger partial charge in [-0.3, -0.25) is 14.5 Å². The molecule has 0 aromatic heterocycles. The lowest BCUT2D eigenvalue weighted by Gasteiger charge is -2.34. The van der Waals surface area contributed by atoms with Crippen molar-refractivity contribution >= 4 is 17.5 Å². The number of amides is 2. The molecular weight excluding hydrogens is 402 g/mol. The van der Waals surface area contributed by atoms with Gasteiger partial charge in [0.2, 0.25) is 11.8 Å². The molecule has 0 saturated carbocycles. The summed E-state index contributed by atoms with van der Waals surface area (Å²) in [6.45, 7) is 2.74. The Morgan fingerprint density at radius 1 is 0.969 bits per heavy atom. The highest BCUT2D eigenvalue weighted by Gasteiger charge is 2.33. The van der Waals surface area contributed by atoms with Gasteiger partial charge in [0.15, 0.2) is 0 Å². The van der Waals surface area contributed by atoms with Gasteiger partial charge in [-0.1, -0.05) is 30.3 Å². The van der Waals surface area contributed by atoms with E-state index in [4.69, 9.17) is 4.74 Å². The Bertz CT molecular complexity index is 892. The Morgan fingerprint density at radius 2 is 1.69 bits per heavy atom. The fraction of sp³-hybridized carbons (Fsp3) is 0.462. The quantitative estimate of drug-likeness (QED) is 0.722. The molecule has 0 radical (unpaired) electrons. The zero-order valence-corrected chi connectivity index (χ0v) is 18.8. The Labute approximate surface area is 190 Å². The molecule has 4 rings (SSSR count). The molecule has 6 heteroatoms. The smallest absolute Gasteiger partial charge is 0.241 e. The Kier molecular flexibility index (Phi) is 7.43. The number of likely N-dealkylation sites (tertiary alicyclic amines) is 2. The first-order valence-corrected chi connectivity index (χ1v) is 11.6. The minimum absolute atomic E-state index is 0.0398. The summed E-state index contributed by atoms with van der Waals surface area (Å²) in [5.41, 5.74) is 2.12.